The number of carbonyl (C=O) groups is 2. The van der Waals surface area contributed by atoms with Crippen molar-refractivity contribution in [2.24, 2.45) is 5.41 Å². The third-order valence-corrected chi connectivity index (χ3v) is 5.94. The second-order valence-electron chi connectivity index (χ2n) is 8.96. The molecule has 2 aliphatic rings. The van der Waals surface area contributed by atoms with Crippen molar-refractivity contribution in [1.29, 1.82) is 5.26 Å². The van der Waals surface area contributed by atoms with Gasteiger partial charge in [0.15, 0.2) is 5.78 Å². The maximum absolute atomic E-state index is 13.2. The van der Waals surface area contributed by atoms with E-state index in [2.05, 4.69) is 16.0 Å². The summed E-state index contributed by atoms with van der Waals surface area (Å²) >= 11 is 0. The van der Waals surface area contributed by atoms with E-state index in [1.165, 1.54) is 6.07 Å². The summed E-state index contributed by atoms with van der Waals surface area (Å²) < 4.78 is 0. The van der Waals surface area contributed by atoms with Crippen molar-refractivity contribution in [3.8, 4) is 6.07 Å². The Morgan fingerprint density at radius 1 is 1.19 bits per heavy atom. The molecule has 1 aliphatic carbocycles. The predicted molar refractivity (Wildman–Crippen MR) is 115 cm³/mol. The van der Waals surface area contributed by atoms with Crippen LogP contribution in [0.4, 0.5) is 5.82 Å². The molecule has 1 fully saturated rings. The Morgan fingerprint density at radius 3 is 2.77 bits per heavy atom. The van der Waals surface area contributed by atoms with Gasteiger partial charge in [-0.1, -0.05) is 13.8 Å². The first-order valence-corrected chi connectivity index (χ1v) is 10.5. The molecule has 3 heterocycles. The van der Waals surface area contributed by atoms with Crippen LogP contribution >= 0.6 is 0 Å². The van der Waals surface area contributed by atoms with E-state index < -0.39 is 5.56 Å². The molecule has 8 nitrogen and oxygen atoms in total. The van der Waals surface area contributed by atoms with Gasteiger partial charge in [0.1, 0.15) is 17.5 Å². The number of pyridine rings is 2. The van der Waals surface area contributed by atoms with Gasteiger partial charge < -0.3 is 14.8 Å². The van der Waals surface area contributed by atoms with E-state index in [9.17, 15) is 19.6 Å². The molecular formula is C23H25N5O3. The summed E-state index contributed by atoms with van der Waals surface area (Å²) in [6, 6.07) is 7.08. The first-order chi connectivity index (χ1) is 14.8. The van der Waals surface area contributed by atoms with Gasteiger partial charge in [-0.15, -0.1) is 0 Å². The van der Waals surface area contributed by atoms with Crippen LogP contribution in [0.25, 0.3) is 0 Å². The highest BCUT2D eigenvalue weighted by Crippen LogP contribution is 2.33. The molecule has 0 unspecified atom stereocenters. The van der Waals surface area contributed by atoms with Gasteiger partial charge >= 0.3 is 0 Å². The van der Waals surface area contributed by atoms with Gasteiger partial charge in [-0.05, 0) is 36.5 Å². The largest absolute Gasteiger partial charge is 0.354 e. The van der Waals surface area contributed by atoms with Crippen molar-refractivity contribution in [3.05, 3.63) is 57.1 Å². The number of carbonyl (C=O) groups excluding carboxylic acids is 2. The number of hydrogen-bond donors (Lipinski definition) is 1. The van der Waals surface area contributed by atoms with E-state index in [-0.39, 0.29) is 22.7 Å². The Morgan fingerprint density at radius 2 is 2.00 bits per heavy atom. The highest BCUT2D eigenvalue weighted by atomic mass is 16.2. The molecule has 0 radical (unpaired) electrons. The summed E-state index contributed by atoms with van der Waals surface area (Å²) in [5, 5.41) is 9.34. The zero-order chi connectivity index (χ0) is 22.2. The summed E-state index contributed by atoms with van der Waals surface area (Å²) in [6.45, 7) is 6.04. The third kappa shape index (κ3) is 4.08. The number of nitriles is 1. The second-order valence-corrected chi connectivity index (χ2v) is 8.96. The van der Waals surface area contributed by atoms with Crippen molar-refractivity contribution in [2.75, 3.05) is 31.1 Å². The highest BCUT2D eigenvalue weighted by molar-refractivity contribution is 6.02. The van der Waals surface area contributed by atoms with E-state index in [4.69, 9.17) is 0 Å². The number of amides is 1. The van der Waals surface area contributed by atoms with Crippen molar-refractivity contribution in [2.45, 2.75) is 33.1 Å². The lowest BCUT2D eigenvalue weighted by atomic mass is 9.75. The molecule has 1 saturated heterocycles. The van der Waals surface area contributed by atoms with Crippen LogP contribution in [0.15, 0.2) is 29.2 Å². The molecule has 0 atom stereocenters. The Bertz CT molecular complexity index is 1140. The molecule has 0 saturated carbocycles. The first-order valence-electron chi connectivity index (χ1n) is 10.5. The van der Waals surface area contributed by atoms with Crippen LogP contribution in [0, 0.1) is 16.7 Å². The monoisotopic (exact) mass is 419 g/mol. The maximum Gasteiger partial charge on any atom is 0.261 e. The van der Waals surface area contributed by atoms with Gasteiger partial charge in [0.2, 0.25) is 0 Å². The molecule has 2 aromatic heterocycles. The molecule has 0 spiro atoms. The predicted octanol–water partition coefficient (Wildman–Crippen LogP) is 2.15. The number of hydrogen-bond acceptors (Lipinski definition) is 6. The minimum atomic E-state index is -0.452. The minimum absolute atomic E-state index is 0.0100. The van der Waals surface area contributed by atoms with Crippen molar-refractivity contribution in [1.82, 2.24) is 14.9 Å². The normalized spacial score (nSPS) is 18.2. The molecule has 1 aliphatic heterocycles. The average Bonchev–Trinajstić information content (AvgIpc) is 2.98. The standard InChI is InChI=1S/C23H25N5O3/c1-23(2)12-18-16(19(29)13-23)11-17(21(30)26-18)22(31)28-8-4-7-27(9-10-28)20-15(14-24)5-3-6-25-20/h3,5-6,11H,4,7-10,12-13H2,1-2H3,(H,26,30). The zero-order valence-electron chi connectivity index (χ0n) is 17.8. The Kier molecular flexibility index (Phi) is 5.36. The molecule has 0 aromatic carbocycles. The van der Waals surface area contributed by atoms with E-state index >= 15 is 0 Å². The molecule has 160 valence electrons. The van der Waals surface area contributed by atoms with E-state index in [0.717, 1.165) is 0 Å². The van der Waals surface area contributed by atoms with Gasteiger partial charge in [0.05, 0.1) is 5.56 Å². The summed E-state index contributed by atoms with van der Waals surface area (Å²) in [7, 11) is 0. The van der Waals surface area contributed by atoms with Gasteiger partial charge in [-0.3, -0.25) is 14.4 Å². The Hall–Kier alpha value is -3.47. The van der Waals surface area contributed by atoms with Gasteiger partial charge in [-0.2, -0.15) is 5.26 Å². The van der Waals surface area contributed by atoms with Crippen LogP contribution in [-0.4, -0.2) is 52.7 Å². The topological polar surface area (TPSA) is 110 Å². The second kappa shape index (κ2) is 7.99. The van der Waals surface area contributed by atoms with Crippen LogP contribution in [0.2, 0.25) is 0 Å². The smallest absolute Gasteiger partial charge is 0.261 e. The zero-order valence-corrected chi connectivity index (χ0v) is 17.8. The summed E-state index contributed by atoms with van der Waals surface area (Å²) in [5.74, 6) is 0.196. The van der Waals surface area contributed by atoms with Gasteiger partial charge in [0, 0.05) is 50.1 Å². The summed E-state index contributed by atoms with van der Waals surface area (Å²) in [6.07, 6.45) is 3.32. The number of H-pyrrole nitrogens is 1. The van der Waals surface area contributed by atoms with Crippen LogP contribution in [0.1, 0.15) is 58.7 Å². The highest BCUT2D eigenvalue weighted by Gasteiger charge is 2.33. The average molecular weight is 419 g/mol. The number of aromatic amines is 1. The molecular weight excluding hydrogens is 394 g/mol. The number of fused-ring (bicyclic) bond motifs is 1. The van der Waals surface area contributed by atoms with Crippen LogP contribution in [-0.2, 0) is 6.42 Å². The number of aromatic nitrogens is 2. The molecule has 8 heteroatoms. The lowest BCUT2D eigenvalue weighted by Gasteiger charge is -2.30. The van der Waals surface area contributed by atoms with E-state index in [1.54, 1.807) is 23.2 Å². The summed E-state index contributed by atoms with van der Waals surface area (Å²) in [4.78, 5) is 49.2. The van der Waals surface area contributed by atoms with Crippen LogP contribution < -0.4 is 10.5 Å². The van der Waals surface area contributed by atoms with Gasteiger partial charge in [0.25, 0.3) is 11.5 Å². The number of Topliss-reactive ketones (excluding diaryl/α,β-unsaturated/α-hetero) is 1. The fourth-order valence-electron chi connectivity index (χ4n) is 4.43. The van der Waals surface area contributed by atoms with Gasteiger partial charge in [-0.25, -0.2) is 4.98 Å². The molecule has 4 rings (SSSR count). The van der Waals surface area contributed by atoms with Crippen LogP contribution in [0.5, 0.6) is 0 Å². The number of anilines is 1. The molecule has 0 bridgehead atoms. The molecule has 1 N–H and O–H groups in total. The molecule has 2 aromatic rings. The van der Waals surface area contributed by atoms with E-state index in [1.807, 2.05) is 18.7 Å². The lowest BCUT2D eigenvalue weighted by molar-refractivity contribution is 0.0765. The third-order valence-electron chi connectivity index (χ3n) is 5.94. The van der Waals surface area contributed by atoms with Crippen molar-refractivity contribution in [3.63, 3.8) is 0 Å². The Balaban J connectivity index is 1.56. The number of nitrogens with zero attached hydrogens (tertiary/aromatic N) is 4. The Labute approximate surface area is 180 Å². The SMILES string of the molecule is CC1(C)CC(=O)c2cc(C(=O)N3CCCN(c4ncccc4C#N)CC3)c(=O)[nH]c2C1. The quantitative estimate of drug-likeness (QED) is 0.799. The van der Waals surface area contributed by atoms with E-state index in [0.29, 0.717) is 68.1 Å². The van der Waals surface area contributed by atoms with Crippen molar-refractivity contribution >= 4 is 17.5 Å². The van der Waals surface area contributed by atoms with Crippen LogP contribution in [0.3, 0.4) is 0 Å². The molecule has 1 amide bonds. The first kappa shape index (κ1) is 20.8. The molecule has 31 heavy (non-hydrogen) atoms. The fourth-order valence-corrected chi connectivity index (χ4v) is 4.43. The van der Waals surface area contributed by atoms with Crippen molar-refractivity contribution < 1.29 is 9.59 Å². The fraction of sp³-hybridized carbons (Fsp3) is 0.435. The lowest BCUT2D eigenvalue weighted by Crippen LogP contribution is -2.39. The summed E-state index contributed by atoms with van der Waals surface area (Å²) in [5.41, 5.74) is 0.910. The number of nitrogens with one attached hydrogen (secondary N) is 1. The maximum atomic E-state index is 13.2. The number of rotatable bonds is 2. The minimum Gasteiger partial charge on any atom is -0.354 e. The number of ketones is 1.